The van der Waals surface area contributed by atoms with Crippen molar-refractivity contribution in [2.24, 2.45) is 4.36 Å². The number of nitrogens with zero attached hydrogens (tertiary/aromatic N) is 1. The Morgan fingerprint density at radius 2 is 1.68 bits per heavy atom. The number of aliphatic hydroxyl groups is 1. The molecule has 1 heterocycles. The van der Waals surface area contributed by atoms with Gasteiger partial charge in [-0.05, 0) is 36.8 Å². The molecule has 3 rings (SSSR count). The first kappa shape index (κ1) is 21.1. The molecule has 0 aromatic heterocycles. The Morgan fingerprint density at radius 1 is 1.07 bits per heavy atom. The zero-order valence-electron chi connectivity index (χ0n) is 16.3. The Kier molecular flexibility index (Phi) is 6.30. The minimum Gasteiger partial charge on any atom is -0.506 e. The summed E-state index contributed by atoms with van der Waals surface area (Å²) < 4.78 is 17.8. The molecule has 152 valence electrons. The Labute approximate surface area is 171 Å². The fourth-order valence-corrected chi connectivity index (χ4v) is 6.31. The van der Waals surface area contributed by atoms with Crippen LogP contribution in [0.5, 0.6) is 0 Å². The summed E-state index contributed by atoms with van der Waals surface area (Å²) in [6, 6.07) is 3.40. The molecule has 2 aliphatic rings. The number of hydrogen-bond acceptors (Lipinski definition) is 5. The molecule has 1 aromatic carbocycles. The van der Waals surface area contributed by atoms with E-state index in [1.54, 1.807) is 12.1 Å². The first-order valence-corrected chi connectivity index (χ1v) is 12.0. The number of benzene rings is 1. The monoisotopic (exact) mass is 423 g/mol. The summed E-state index contributed by atoms with van der Waals surface area (Å²) in [4.78, 5) is 24.4. The van der Waals surface area contributed by atoms with E-state index < -0.39 is 15.5 Å². The lowest BCUT2D eigenvalue weighted by Gasteiger charge is -2.20. The van der Waals surface area contributed by atoms with E-state index in [-0.39, 0.29) is 46.5 Å². The lowest BCUT2D eigenvalue weighted by molar-refractivity contribution is -0.123. The number of rotatable bonds is 3. The number of halogens is 1. The second kappa shape index (κ2) is 8.37. The molecule has 0 unspecified atom stereocenters. The number of Topliss-reactive ketones (excluding diaryl/α,β-unsaturated/α-hetero) is 2. The van der Waals surface area contributed by atoms with Gasteiger partial charge in [0, 0.05) is 29.9 Å². The number of ketones is 2. The standard InChI is InChI=1S/C21H26ClNO4S/c1-13(2)14-9-10-15(21(26)18-16(24)7-6-8-17(18)25)19(22)20(14)23-28(27)11-4-3-5-12-28/h9-10,13,26H,3-8,11-12H2,1-2H3. The summed E-state index contributed by atoms with van der Waals surface area (Å²) in [7, 11) is -2.40. The molecule has 5 nitrogen and oxygen atoms in total. The summed E-state index contributed by atoms with van der Waals surface area (Å²) in [6.07, 6.45) is 3.76. The van der Waals surface area contributed by atoms with Crippen LogP contribution in [0.4, 0.5) is 5.69 Å². The van der Waals surface area contributed by atoms with Crippen molar-refractivity contribution in [3.63, 3.8) is 0 Å². The summed E-state index contributed by atoms with van der Waals surface area (Å²) in [6.45, 7) is 3.98. The molecule has 0 radical (unpaired) electrons. The van der Waals surface area contributed by atoms with Crippen LogP contribution in [0.3, 0.4) is 0 Å². The Morgan fingerprint density at radius 3 is 2.25 bits per heavy atom. The molecule has 0 bridgehead atoms. The maximum absolute atomic E-state index is 13.2. The molecule has 7 heteroatoms. The Bertz CT molecular complexity index is 941. The summed E-state index contributed by atoms with van der Waals surface area (Å²) in [5.74, 6) is 0.0307. The predicted octanol–water partition coefficient (Wildman–Crippen LogP) is 5.34. The van der Waals surface area contributed by atoms with Gasteiger partial charge >= 0.3 is 0 Å². The van der Waals surface area contributed by atoms with Gasteiger partial charge in [0.05, 0.1) is 20.4 Å². The zero-order chi connectivity index (χ0) is 20.5. The van der Waals surface area contributed by atoms with Crippen LogP contribution in [0.15, 0.2) is 22.1 Å². The SMILES string of the molecule is CC(C)c1ccc(C(O)=C2C(=O)CCCC2=O)c(Cl)c1N=S1(=O)CCCCC1. The lowest BCUT2D eigenvalue weighted by atomic mass is 9.89. The van der Waals surface area contributed by atoms with Gasteiger partial charge in [-0.3, -0.25) is 9.59 Å². The van der Waals surface area contributed by atoms with E-state index in [1.165, 1.54) is 0 Å². The van der Waals surface area contributed by atoms with Crippen molar-refractivity contribution < 1.29 is 18.9 Å². The third-order valence-corrected chi connectivity index (χ3v) is 8.06. The van der Waals surface area contributed by atoms with Gasteiger partial charge in [0.1, 0.15) is 11.3 Å². The fraction of sp³-hybridized carbons (Fsp3) is 0.524. The molecule has 1 aliphatic carbocycles. The summed E-state index contributed by atoms with van der Waals surface area (Å²) in [5.41, 5.74) is 1.26. The summed E-state index contributed by atoms with van der Waals surface area (Å²) in [5, 5.41) is 10.9. The zero-order valence-corrected chi connectivity index (χ0v) is 17.9. The average Bonchev–Trinajstić information content (AvgIpc) is 2.63. The highest BCUT2D eigenvalue weighted by molar-refractivity contribution is 7.93. The molecular formula is C21H26ClNO4S. The van der Waals surface area contributed by atoms with E-state index >= 15 is 0 Å². The van der Waals surface area contributed by atoms with E-state index in [9.17, 15) is 18.9 Å². The van der Waals surface area contributed by atoms with Crippen molar-refractivity contribution in [1.82, 2.24) is 0 Å². The molecule has 1 N–H and O–H groups in total. The highest BCUT2D eigenvalue weighted by Gasteiger charge is 2.29. The van der Waals surface area contributed by atoms with Crippen LogP contribution in [-0.4, -0.2) is 32.4 Å². The molecule has 1 aromatic rings. The van der Waals surface area contributed by atoms with Crippen molar-refractivity contribution in [2.75, 3.05) is 11.5 Å². The maximum Gasteiger partial charge on any atom is 0.170 e. The maximum atomic E-state index is 13.2. The molecule has 2 fully saturated rings. The second-order valence-electron chi connectivity index (χ2n) is 7.78. The molecule has 1 saturated carbocycles. The van der Waals surface area contributed by atoms with Crippen molar-refractivity contribution in [3.8, 4) is 0 Å². The Hall–Kier alpha value is -1.66. The van der Waals surface area contributed by atoms with Gasteiger partial charge in [-0.2, -0.15) is 4.36 Å². The van der Waals surface area contributed by atoms with E-state index in [0.717, 1.165) is 24.8 Å². The average molecular weight is 424 g/mol. The molecule has 1 saturated heterocycles. The smallest absolute Gasteiger partial charge is 0.170 e. The van der Waals surface area contributed by atoms with Gasteiger partial charge in [-0.15, -0.1) is 0 Å². The molecule has 28 heavy (non-hydrogen) atoms. The molecular weight excluding hydrogens is 398 g/mol. The van der Waals surface area contributed by atoms with Gasteiger partial charge in [0.25, 0.3) is 0 Å². The van der Waals surface area contributed by atoms with Crippen molar-refractivity contribution in [2.45, 2.75) is 58.3 Å². The van der Waals surface area contributed by atoms with Crippen molar-refractivity contribution in [3.05, 3.63) is 33.9 Å². The third-order valence-electron chi connectivity index (χ3n) is 5.31. The highest BCUT2D eigenvalue weighted by atomic mass is 35.5. The minimum atomic E-state index is -2.40. The quantitative estimate of drug-likeness (QED) is 0.404. The van der Waals surface area contributed by atoms with Gasteiger partial charge in [-0.25, -0.2) is 4.21 Å². The normalized spacial score (nSPS) is 19.8. The van der Waals surface area contributed by atoms with Crippen molar-refractivity contribution >= 4 is 44.3 Å². The number of aliphatic hydroxyl groups excluding tert-OH is 1. The molecule has 0 spiro atoms. The fourth-order valence-electron chi connectivity index (χ4n) is 3.73. The topological polar surface area (TPSA) is 83.8 Å². The highest BCUT2D eigenvalue weighted by Crippen LogP contribution is 2.41. The Balaban J connectivity index is 2.20. The number of allylic oxidation sites excluding steroid dienone is 1. The van der Waals surface area contributed by atoms with Gasteiger partial charge in [0.15, 0.2) is 11.6 Å². The van der Waals surface area contributed by atoms with Crippen LogP contribution in [0.1, 0.15) is 69.4 Å². The predicted molar refractivity (Wildman–Crippen MR) is 113 cm³/mol. The van der Waals surface area contributed by atoms with Crippen LogP contribution in [0, 0.1) is 0 Å². The van der Waals surface area contributed by atoms with Gasteiger partial charge < -0.3 is 5.11 Å². The van der Waals surface area contributed by atoms with Gasteiger partial charge in [-0.1, -0.05) is 37.9 Å². The van der Waals surface area contributed by atoms with E-state index in [2.05, 4.69) is 4.36 Å². The second-order valence-corrected chi connectivity index (χ2v) is 10.7. The van der Waals surface area contributed by atoms with E-state index in [1.807, 2.05) is 13.8 Å². The van der Waals surface area contributed by atoms with E-state index in [0.29, 0.717) is 23.6 Å². The van der Waals surface area contributed by atoms with Gasteiger partial charge in [0.2, 0.25) is 0 Å². The molecule has 1 aliphatic heterocycles. The number of carbonyl (C=O) groups excluding carboxylic acids is 2. The third kappa shape index (κ3) is 4.18. The minimum absolute atomic E-state index is 0.0876. The van der Waals surface area contributed by atoms with Crippen molar-refractivity contribution in [1.29, 1.82) is 0 Å². The lowest BCUT2D eigenvalue weighted by Crippen LogP contribution is -2.20. The van der Waals surface area contributed by atoms with Crippen LogP contribution in [0.25, 0.3) is 5.76 Å². The first-order chi connectivity index (χ1) is 13.2. The first-order valence-electron chi connectivity index (χ1n) is 9.78. The van der Waals surface area contributed by atoms with Crippen LogP contribution >= 0.6 is 11.6 Å². The molecule has 0 atom stereocenters. The number of hydrogen-bond donors (Lipinski definition) is 1. The summed E-state index contributed by atoms with van der Waals surface area (Å²) >= 11 is 6.61. The molecule has 0 amide bonds. The van der Waals surface area contributed by atoms with Crippen LogP contribution in [-0.2, 0) is 19.3 Å². The van der Waals surface area contributed by atoms with E-state index in [4.69, 9.17) is 11.6 Å². The van der Waals surface area contributed by atoms with Crippen LogP contribution < -0.4 is 0 Å². The number of carbonyl (C=O) groups is 2. The largest absolute Gasteiger partial charge is 0.506 e. The van der Waals surface area contributed by atoms with Crippen LogP contribution in [0.2, 0.25) is 5.02 Å².